The molecule has 1 N–H and O–H groups in total. The molecular formula is C22H22N2O4. The Morgan fingerprint density at radius 1 is 1.07 bits per heavy atom. The smallest absolute Gasteiger partial charge is 0.254 e. The molecule has 1 aromatic heterocycles. The van der Waals surface area contributed by atoms with Crippen molar-refractivity contribution in [1.82, 2.24) is 4.90 Å². The van der Waals surface area contributed by atoms with E-state index in [9.17, 15) is 9.59 Å². The normalized spacial score (nSPS) is 10.4. The third-order valence-corrected chi connectivity index (χ3v) is 4.19. The molecule has 3 aromatic rings. The zero-order valence-corrected chi connectivity index (χ0v) is 15.8. The molecule has 0 bridgehead atoms. The third kappa shape index (κ3) is 4.79. The Labute approximate surface area is 163 Å². The third-order valence-electron chi connectivity index (χ3n) is 4.19. The van der Waals surface area contributed by atoms with E-state index in [0.29, 0.717) is 22.8 Å². The number of hydrogen-bond donors (Lipinski definition) is 1. The molecule has 6 nitrogen and oxygen atoms in total. The van der Waals surface area contributed by atoms with Gasteiger partial charge in [0, 0.05) is 5.56 Å². The second-order valence-electron chi connectivity index (χ2n) is 6.36. The number of ether oxygens (including phenoxy) is 1. The summed E-state index contributed by atoms with van der Waals surface area (Å²) in [7, 11) is 1.54. The van der Waals surface area contributed by atoms with Gasteiger partial charge in [0.25, 0.3) is 5.91 Å². The van der Waals surface area contributed by atoms with Gasteiger partial charge in [-0.1, -0.05) is 29.8 Å². The zero-order chi connectivity index (χ0) is 19.9. The van der Waals surface area contributed by atoms with Crippen molar-refractivity contribution in [2.75, 3.05) is 19.0 Å². The number of benzene rings is 2. The number of nitrogens with one attached hydrogen (secondary N) is 1. The van der Waals surface area contributed by atoms with Crippen LogP contribution in [0.15, 0.2) is 71.3 Å². The summed E-state index contributed by atoms with van der Waals surface area (Å²) in [5.41, 5.74) is 2.05. The molecule has 0 fully saturated rings. The number of rotatable bonds is 7. The van der Waals surface area contributed by atoms with E-state index in [1.165, 1.54) is 12.0 Å². The Balaban J connectivity index is 1.78. The monoisotopic (exact) mass is 378 g/mol. The molecule has 0 spiro atoms. The molecule has 0 atom stereocenters. The minimum Gasteiger partial charge on any atom is -0.495 e. The summed E-state index contributed by atoms with van der Waals surface area (Å²) >= 11 is 0. The highest BCUT2D eigenvalue weighted by atomic mass is 16.5. The van der Waals surface area contributed by atoms with E-state index < -0.39 is 0 Å². The number of amides is 2. The van der Waals surface area contributed by atoms with Gasteiger partial charge < -0.3 is 19.4 Å². The first kappa shape index (κ1) is 19.2. The molecule has 144 valence electrons. The van der Waals surface area contributed by atoms with Crippen LogP contribution in [0, 0.1) is 6.92 Å². The molecule has 1 heterocycles. The van der Waals surface area contributed by atoms with Crippen LogP contribution < -0.4 is 10.1 Å². The molecule has 0 aliphatic rings. The van der Waals surface area contributed by atoms with E-state index in [-0.39, 0.29) is 24.9 Å². The number of nitrogens with zero attached hydrogens (tertiary/aromatic N) is 1. The standard InChI is InChI=1S/C22H22N2O4/c1-16-7-5-8-17(13-16)22(26)24(14-18-9-6-12-28-18)15-21(25)23-19-10-3-4-11-20(19)27-2/h3-13H,14-15H2,1-2H3,(H,23,25). The minimum atomic E-state index is -0.322. The van der Waals surface area contributed by atoms with Gasteiger partial charge in [-0.05, 0) is 43.3 Å². The van der Waals surface area contributed by atoms with Crippen LogP contribution in [0.4, 0.5) is 5.69 Å². The van der Waals surface area contributed by atoms with Gasteiger partial charge in [0.1, 0.15) is 18.1 Å². The van der Waals surface area contributed by atoms with Crippen molar-refractivity contribution in [3.63, 3.8) is 0 Å². The summed E-state index contributed by atoms with van der Waals surface area (Å²) in [4.78, 5) is 27.1. The SMILES string of the molecule is COc1ccccc1NC(=O)CN(Cc1ccco1)C(=O)c1cccc(C)c1. The number of para-hydroxylation sites is 2. The number of carbonyl (C=O) groups excluding carboxylic acids is 2. The van der Waals surface area contributed by atoms with Crippen molar-refractivity contribution in [1.29, 1.82) is 0 Å². The van der Waals surface area contributed by atoms with E-state index in [4.69, 9.17) is 9.15 Å². The summed E-state index contributed by atoms with van der Waals surface area (Å²) in [6, 6.07) is 17.9. The zero-order valence-electron chi connectivity index (χ0n) is 15.8. The maximum Gasteiger partial charge on any atom is 0.254 e. The van der Waals surface area contributed by atoms with Crippen LogP contribution in [-0.4, -0.2) is 30.4 Å². The van der Waals surface area contributed by atoms with Gasteiger partial charge in [0.05, 0.1) is 25.6 Å². The van der Waals surface area contributed by atoms with Crippen molar-refractivity contribution in [2.45, 2.75) is 13.5 Å². The maximum absolute atomic E-state index is 13.0. The summed E-state index contributed by atoms with van der Waals surface area (Å²) in [5, 5.41) is 2.80. The van der Waals surface area contributed by atoms with Crippen molar-refractivity contribution in [2.24, 2.45) is 0 Å². The van der Waals surface area contributed by atoms with E-state index in [1.54, 1.807) is 48.7 Å². The van der Waals surface area contributed by atoms with E-state index in [1.807, 2.05) is 25.1 Å². The van der Waals surface area contributed by atoms with Crippen molar-refractivity contribution in [3.05, 3.63) is 83.8 Å². The molecule has 0 saturated carbocycles. The lowest BCUT2D eigenvalue weighted by molar-refractivity contribution is -0.117. The molecule has 0 radical (unpaired) electrons. The van der Waals surface area contributed by atoms with Crippen LogP contribution in [-0.2, 0) is 11.3 Å². The fourth-order valence-electron chi connectivity index (χ4n) is 2.86. The van der Waals surface area contributed by atoms with Crippen LogP contribution in [0.2, 0.25) is 0 Å². The van der Waals surface area contributed by atoms with Crippen molar-refractivity contribution in [3.8, 4) is 5.75 Å². The molecule has 28 heavy (non-hydrogen) atoms. The molecule has 0 unspecified atom stereocenters. The second kappa shape index (κ2) is 8.90. The summed E-state index contributed by atoms with van der Waals surface area (Å²) < 4.78 is 10.6. The first-order valence-corrected chi connectivity index (χ1v) is 8.88. The van der Waals surface area contributed by atoms with E-state index >= 15 is 0 Å². The Morgan fingerprint density at radius 3 is 2.61 bits per heavy atom. The molecule has 0 aliphatic carbocycles. The Morgan fingerprint density at radius 2 is 1.89 bits per heavy atom. The molecule has 2 amide bonds. The molecule has 3 rings (SSSR count). The number of aryl methyl sites for hydroxylation is 1. The largest absolute Gasteiger partial charge is 0.495 e. The van der Waals surface area contributed by atoms with Crippen LogP contribution in [0.25, 0.3) is 0 Å². The number of anilines is 1. The van der Waals surface area contributed by atoms with Crippen molar-refractivity contribution >= 4 is 17.5 Å². The quantitative estimate of drug-likeness (QED) is 0.677. The average molecular weight is 378 g/mol. The minimum absolute atomic E-state index is 0.120. The summed E-state index contributed by atoms with van der Waals surface area (Å²) in [5.74, 6) is 0.594. The summed E-state index contributed by atoms with van der Waals surface area (Å²) in [6.45, 7) is 1.99. The van der Waals surface area contributed by atoms with Crippen LogP contribution >= 0.6 is 0 Å². The predicted molar refractivity (Wildman–Crippen MR) is 106 cm³/mol. The first-order chi connectivity index (χ1) is 13.6. The topological polar surface area (TPSA) is 71.8 Å². The Bertz CT molecular complexity index is 951. The van der Waals surface area contributed by atoms with Crippen molar-refractivity contribution < 1.29 is 18.7 Å². The van der Waals surface area contributed by atoms with Gasteiger partial charge in [-0.15, -0.1) is 0 Å². The Hall–Kier alpha value is -3.54. The maximum atomic E-state index is 13.0. The van der Waals surface area contributed by atoms with E-state index in [0.717, 1.165) is 5.56 Å². The second-order valence-corrected chi connectivity index (χ2v) is 6.36. The first-order valence-electron chi connectivity index (χ1n) is 8.88. The highest BCUT2D eigenvalue weighted by Gasteiger charge is 2.21. The number of carbonyl (C=O) groups is 2. The van der Waals surface area contributed by atoms with Gasteiger partial charge in [0.15, 0.2) is 0 Å². The number of furan rings is 1. The fourth-order valence-corrected chi connectivity index (χ4v) is 2.86. The van der Waals surface area contributed by atoms with E-state index in [2.05, 4.69) is 5.32 Å². The fraction of sp³-hybridized carbons (Fsp3) is 0.182. The van der Waals surface area contributed by atoms with Crippen LogP contribution in [0.3, 0.4) is 0 Å². The van der Waals surface area contributed by atoms with Crippen LogP contribution in [0.1, 0.15) is 21.7 Å². The Kier molecular flexibility index (Phi) is 6.11. The van der Waals surface area contributed by atoms with Crippen LogP contribution in [0.5, 0.6) is 5.75 Å². The van der Waals surface area contributed by atoms with Gasteiger partial charge in [-0.3, -0.25) is 9.59 Å². The summed E-state index contributed by atoms with van der Waals surface area (Å²) in [6.07, 6.45) is 1.54. The highest BCUT2D eigenvalue weighted by Crippen LogP contribution is 2.23. The number of hydrogen-bond acceptors (Lipinski definition) is 4. The molecule has 2 aromatic carbocycles. The molecule has 0 saturated heterocycles. The lowest BCUT2D eigenvalue weighted by atomic mass is 10.1. The predicted octanol–water partition coefficient (Wildman–Crippen LogP) is 3.88. The molecule has 0 aliphatic heterocycles. The average Bonchev–Trinajstić information content (AvgIpc) is 3.20. The van der Waals surface area contributed by atoms with Gasteiger partial charge in [-0.2, -0.15) is 0 Å². The lowest BCUT2D eigenvalue weighted by Crippen LogP contribution is -2.37. The number of methoxy groups -OCH3 is 1. The molecular weight excluding hydrogens is 356 g/mol. The van der Waals surface area contributed by atoms with Gasteiger partial charge in [0.2, 0.25) is 5.91 Å². The highest BCUT2D eigenvalue weighted by molar-refractivity contribution is 5.99. The lowest BCUT2D eigenvalue weighted by Gasteiger charge is -2.22. The van der Waals surface area contributed by atoms with Gasteiger partial charge in [-0.25, -0.2) is 0 Å². The molecule has 6 heteroatoms. The van der Waals surface area contributed by atoms with Gasteiger partial charge >= 0.3 is 0 Å².